The minimum atomic E-state index is -4.21. The molecule has 0 saturated carbocycles. The van der Waals surface area contributed by atoms with Gasteiger partial charge < -0.3 is 10.3 Å². The molecule has 0 bridgehead atoms. The number of benzene rings is 3. The van der Waals surface area contributed by atoms with Gasteiger partial charge in [0.25, 0.3) is 21.5 Å². The van der Waals surface area contributed by atoms with Gasteiger partial charge in [0.15, 0.2) is 0 Å². The van der Waals surface area contributed by atoms with E-state index in [4.69, 9.17) is 0 Å². The van der Waals surface area contributed by atoms with E-state index in [-0.39, 0.29) is 22.7 Å². The molecule has 0 aliphatic heterocycles. The van der Waals surface area contributed by atoms with Crippen LogP contribution in [-0.2, 0) is 16.6 Å². The molecule has 10 heteroatoms. The number of hydrogen-bond acceptors (Lipinski definition) is 4. The lowest BCUT2D eigenvalue weighted by Gasteiger charge is -2.11. The highest BCUT2D eigenvalue weighted by molar-refractivity contribution is 7.92. The zero-order valence-electron chi connectivity index (χ0n) is 16.9. The summed E-state index contributed by atoms with van der Waals surface area (Å²) in [6.07, 6.45) is 1.45. The fourth-order valence-electron chi connectivity index (χ4n) is 3.30. The van der Waals surface area contributed by atoms with Gasteiger partial charge in [-0.2, -0.15) is 0 Å². The van der Waals surface area contributed by atoms with Crippen LogP contribution < -0.4 is 15.6 Å². The Morgan fingerprint density at radius 2 is 1.70 bits per heavy atom. The zero-order valence-corrected chi connectivity index (χ0v) is 17.7. The van der Waals surface area contributed by atoms with Crippen molar-refractivity contribution in [3.05, 3.63) is 106 Å². The predicted octanol–water partition coefficient (Wildman–Crippen LogP) is 3.54. The lowest BCUT2D eigenvalue weighted by molar-refractivity contribution is 0.0946. The number of halogens is 2. The molecule has 0 aliphatic rings. The Labute approximate surface area is 187 Å². The quantitative estimate of drug-likeness (QED) is 0.401. The SMILES string of the molecule is O=C(NCc1c[nH]c(=O)c2ccccc12)c1cc(S(=O)(=O)Nc2cccc(F)c2)ccc1F. The topological polar surface area (TPSA) is 108 Å². The summed E-state index contributed by atoms with van der Waals surface area (Å²) in [7, 11) is -4.21. The second kappa shape index (κ2) is 8.83. The second-order valence-electron chi connectivity index (χ2n) is 7.13. The number of aromatic amines is 1. The van der Waals surface area contributed by atoms with Gasteiger partial charge in [0, 0.05) is 18.1 Å². The van der Waals surface area contributed by atoms with Crippen LogP contribution in [0, 0.1) is 11.6 Å². The molecule has 1 heterocycles. The first-order chi connectivity index (χ1) is 15.7. The van der Waals surface area contributed by atoms with Crippen LogP contribution in [-0.4, -0.2) is 19.3 Å². The number of amides is 1. The maximum Gasteiger partial charge on any atom is 0.261 e. The molecule has 0 fully saturated rings. The molecular weight excluding hydrogens is 452 g/mol. The van der Waals surface area contributed by atoms with Gasteiger partial charge in [0.2, 0.25) is 0 Å². The van der Waals surface area contributed by atoms with Crippen LogP contribution in [0.5, 0.6) is 0 Å². The van der Waals surface area contributed by atoms with E-state index in [9.17, 15) is 26.8 Å². The van der Waals surface area contributed by atoms with Crippen molar-refractivity contribution in [3.63, 3.8) is 0 Å². The molecule has 1 amide bonds. The summed E-state index contributed by atoms with van der Waals surface area (Å²) >= 11 is 0. The predicted molar refractivity (Wildman–Crippen MR) is 119 cm³/mol. The minimum absolute atomic E-state index is 0.0183. The Balaban J connectivity index is 1.57. The van der Waals surface area contributed by atoms with E-state index < -0.39 is 33.1 Å². The first kappa shape index (κ1) is 22.2. The van der Waals surface area contributed by atoms with E-state index in [1.165, 1.54) is 18.3 Å². The molecule has 3 aromatic carbocycles. The average molecular weight is 469 g/mol. The molecule has 0 aliphatic carbocycles. The van der Waals surface area contributed by atoms with Crippen molar-refractivity contribution in [2.24, 2.45) is 0 Å². The van der Waals surface area contributed by atoms with Crippen LogP contribution in [0.15, 0.2) is 82.6 Å². The van der Waals surface area contributed by atoms with Crippen LogP contribution in [0.3, 0.4) is 0 Å². The Bertz CT molecular complexity index is 1530. The number of anilines is 1. The fraction of sp³-hybridized carbons (Fsp3) is 0.0435. The molecule has 168 valence electrons. The smallest absolute Gasteiger partial charge is 0.261 e. The third kappa shape index (κ3) is 4.75. The lowest BCUT2D eigenvalue weighted by atomic mass is 10.1. The maximum absolute atomic E-state index is 14.3. The van der Waals surface area contributed by atoms with Crippen molar-refractivity contribution >= 4 is 32.4 Å². The molecule has 0 atom stereocenters. The molecule has 0 saturated heterocycles. The van der Waals surface area contributed by atoms with Gasteiger partial charge in [-0.25, -0.2) is 17.2 Å². The van der Waals surface area contributed by atoms with Gasteiger partial charge in [0.05, 0.1) is 16.1 Å². The molecule has 0 radical (unpaired) electrons. The molecule has 1 aromatic heterocycles. The van der Waals surface area contributed by atoms with Crippen molar-refractivity contribution in [1.29, 1.82) is 0 Å². The summed E-state index contributed by atoms with van der Waals surface area (Å²) in [4.78, 5) is 26.8. The van der Waals surface area contributed by atoms with Crippen LogP contribution in [0.2, 0.25) is 0 Å². The summed E-state index contributed by atoms with van der Waals surface area (Å²) in [5, 5.41) is 3.60. The summed E-state index contributed by atoms with van der Waals surface area (Å²) in [5.74, 6) is -2.39. The largest absolute Gasteiger partial charge is 0.348 e. The van der Waals surface area contributed by atoms with E-state index in [1.807, 2.05) is 0 Å². The van der Waals surface area contributed by atoms with Gasteiger partial charge in [0.1, 0.15) is 11.6 Å². The first-order valence-electron chi connectivity index (χ1n) is 9.70. The molecule has 4 rings (SSSR count). The first-order valence-corrected chi connectivity index (χ1v) is 11.2. The van der Waals surface area contributed by atoms with Gasteiger partial charge in [-0.05, 0) is 53.4 Å². The maximum atomic E-state index is 14.3. The minimum Gasteiger partial charge on any atom is -0.348 e. The van der Waals surface area contributed by atoms with E-state index in [0.29, 0.717) is 16.3 Å². The number of nitrogens with one attached hydrogen (secondary N) is 3. The van der Waals surface area contributed by atoms with Crippen LogP contribution in [0.1, 0.15) is 15.9 Å². The van der Waals surface area contributed by atoms with Gasteiger partial charge >= 0.3 is 0 Å². The summed E-state index contributed by atoms with van der Waals surface area (Å²) in [6, 6.07) is 14.4. The molecule has 0 unspecified atom stereocenters. The number of carbonyl (C=O) groups excluding carboxylic acids is 1. The van der Waals surface area contributed by atoms with Crippen LogP contribution in [0.4, 0.5) is 14.5 Å². The van der Waals surface area contributed by atoms with Crippen molar-refractivity contribution in [3.8, 4) is 0 Å². The molecular formula is C23H17F2N3O4S. The van der Waals surface area contributed by atoms with Crippen molar-refractivity contribution < 1.29 is 22.0 Å². The summed E-state index contributed by atoms with van der Waals surface area (Å²) in [6.45, 7) is -0.0336. The molecule has 4 aromatic rings. The van der Waals surface area contributed by atoms with Gasteiger partial charge in [-0.3, -0.25) is 14.3 Å². The number of hydrogen-bond donors (Lipinski definition) is 3. The number of carbonyl (C=O) groups is 1. The average Bonchev–Trinajstić information content (AvgIpc) is 2.78. The fourth-order valence-corrected chi connectivity index (χ4v) is 4.37. The van der Waals surface area contributed by atoms with E-state index in [2.05, 4.69) is 15.0 Å². The third-order valence-corrected chi connectivity index (χ3v) is 6.28. The van der Waals surface area contributed by atoms with Crippen molar-refractivity contribution in [2.75, 3.05) is 4.72 Å². The monoisotopic (exact) mass is 469 g/mol. The number of H-pyrrole nitrogens is 1. The standard InChI is InChI=1S/C23H17F2N3O4S/c24-15-4-3-5-16(10-15)28-33(31,32)17-8-9-21(25)20(11-17)23(30)27-13-14-12-26-22(29)19-7-2-1-6-18(14)19/h1-12,28H,13H2,(H,26,29)(H,27,30). The van der Waals surface area contributed by atoms with Crippen LogP contribution in [0.25, 0.3) is 10.8 Å². The van der Waals surface area contributed by atoms with E-state index in [0.717, 1.165) is 30.3 Å². The summed E-state index contributed by atoms with van der Waals surface area (Å²) < 4.78 is 55.2. The Morgan fingerprint density at radius 1 is 0.939 bits per heavy atom. The van der Waals surface area contributed by atoms with Gasteiger partial charge in [-0.1, -0.05) is 24.3 Å². The normalized spacial score (nSPS) is 11.3. The number of aromatic nitrogens is 1. The highest BCUT2D eigenvalue weighted by Gasteiger charge is 2.20. The molecule has 3 N–H and O–H groups in total. The molecule has 7 nitrogen and oxygen atoms in total. The number of rotatable bonds is 6. The molecule has 0 spiro atoms. The van der Waals surface area contributed by atoms with Gasteiger partial charge in [-0.15, -0.1) is 0 Å². The number of pyridine rings is 1. The number of fused-ring (bicyclic) bond motifs is 1. The summed E-state index contributed by atoms with van der Waals surface area (Å²) in [5.41, 5.74) is -0.188. The third-order valence-electron chi connectivity index (χ3n) is 4.90. The van der Waals surface area contributed by atoms with Crippen LogP contribution >= 0.6 is 0 Å². The Morgan fingerprint density at radius 3 is 2.45 bits per heavy atom. The van der Waals surface area contributed by atoms with Crippen molar-refractivity contribution in [1.82, 2.24) is 10.3 Å². The van der Waals surface area contributed by atoms with E-state index in [1.54, 1.807) is 24.3 Å². The Hall–Kier alpha value is -4.05. The highest BCUT2D eigenvalue weighted by atomic mass is 32.2. The Kier molecular flexibility index (Phi) is 5.93. The van der Waals surface area contributed by atoms with Crippen molar-refractivity contribution in [2.45, 2.75) is 11.4 Å². The van der Waals surface area contributed by atoms with E-state index >= 15 is 0 Å². The second-order valence-corrected chi connectivity index (χ2v) is 8.81. The number of sulfonamides is 1. The zero-order chi connectivity index (χ0) is 23.6. The molecule has 33 heavy (non-hydrogen) atoms. The highest BCUT2D eigenvalue weighted by Crippen LogP contribution is 2.20. The lowest BCUT2D eigenvalue weighted by Crippen LogP contribution is -2.25.